The van der Waals surface area contributed by atoms with E-state index in [1.807, 2.05) is 17.5 Å². The van der Waals surface area contributed by atoms with Gasteiger partial charge in [0, 0.05) is 14.5 Å². The van der Waals surface area contributed by atoms with Crippen LogP contribution in [0.15, 0.2) is 27.1 Å². The lowest BCUT2D eigenvalue weighted by atomic mass is 10.2. The van der Waals surface area contributed by atoms with Gasteiger partial charge in [0.25, 0.3) is 0 Å². The molecule has 0 unspecified atom stereocenters. The van der Waals surface area contributed by atoms with Gasteiger partial charge >= 0.3 is 0 Å². The molecule has 0 bridgehead atoms. The molecule has 0 radical (unpaired) electrons. The summed E-state index contributed by atoms with van der Waals surface area (Å²) >= 11 is 8.83. The van der Waals surface area contributed by atoms with E-state index in [1.165, 1.54) is 0 Å². The quantitative estimate of drug-likeness (QED) is 0.455. The molecule has 0 saturated heterocycles. The number of thioether (sulfide) groups is 2. The van der Waals surface area contributed by atoms with Gasteiger partial charge in [-0.2, -0.15) is 5.26 Å². The highest BCUT2D eigenvalue weighted by molar-refractivity contribution is 9.11. The monoisotopic (exact) mass is 365 g/mol. The Labute approximate surface area is 113 Å². The first-order valence-electron chi connectivity index (χ1n) is 3.78. The van der Waals surface area contributed by atoms with Gasteiger partial charge in [-0.05, 0) is 45.9 Å². The molecule has 0 saturated carbocycles. The number of carbonyl (C=O) groups excluding carboxylic acids is 1. The summed E-state index contributed by atoms with van der Waals surface area (Å²) in [7, 11) is 0. The van der Waals surface area contributed by atoms with Crippen LogP contribution in [0.4, 0.5) is 0 Å². The SMILES string of the molecule is N#CSCSC(=O)c1ccc(Br)cc1Br. The zero-order chi connectivity index (χ0) is 11.3. The Morgan fingerprint density at radius 1 is 1.47 bits per heavy atom. The molecule has 1 aromatic rings. The summed E-state index contributed by atoms with van der Waals surface area (Å²) in [5.41, 5.74) is 0.627. The van der Waals surface area contributed by atoms with Crippen LogP contribution in [0.2, 0.25) is 0 Å². The fourth-order valence-electron chi connectivity index (χ4n) is 0.842. The van der Waals surface area contributed by atoms with Crippen molar-refractivity contribution in [1.29, 1.82) is 5.26 Å². The first kappa shape index (κ1) is 13.1. The van der Waals surface area contributed by atoms with Gasteiger partial charge in [-0.3, -0.25) is 4.79 Å². The van der Waals surface area contributed by atoms with Crippen molar-refractivity contribution in [2.45, 2.75) is 0 Å². The predicted molar refractivity (Wildman–Crippen MR) is 71.8 cm³/mol. The zero-order valence-electron chi connectivity index (χ0n) is 7.37. The van der Waals surface area contributed by atoms with Crippen molar-refractivity contribution in [2.75, 3.05) is 5.08 Å². The molecule has 2 nitrogen and oxygen atoms in total. The van der Waals surface area contributed by atoms with Crippen LogP contribution in [0, 0.1) is 10.7 Å². The molecule has 0 heterocycles. The van der Waals surface area contributed by atoms with Crippen molar-refractivity contribution in [3.8, 4) is 5.40 Å². The van der Waals surface area contributed by atoms with E-state index in [9.17, 15) is 4.79 Å². The smallest absolute Gasteiger partial charge is 0.221 e. The van der Waals surface area contributed by atoms with Crippen LogP contribution in [0.1, 0.15) is 10.4 Å². The first-order valence-corrected chi connectivity index (χ1v) is 7.34. The van der Waals surface area contributed by atoms with E-state index >= 15 is 0 Å². The largest absolute Gasteiger partial charge is 0.281 e. The highest BCUT2D eigenvalue weighted by Gasteiger charge is 2.10. The van der Waals surface area contributed by atoms with Crippen LogP contribution < -0.4 is 0 Å². The standard InChI is InChI=1S/C9H5Br2NOS2/c10-6-1-2-7(8(11)3-6)9(13)15-5-14-4-12/h1-3H,5H2. The lowest BCUT2D eigenvalue weighted by Crippen LogP contribution is -1.94. The summed E-state index contributed by atoms with van der Waals surface area (Å²) in [5.74, 6) is 0. The normalized spacial score (nSPS) is 9.67. The van der Waals surface area contributed by atoms with Crippen molar-refractivity contribution in [2.24, 2.45) is 0 Å². The summed E-state index contributed by atoms with van der Waals surface area (Å²) in [6.07, 6.45) is 0. The fourth-order valence-corrected chi connectivity index (χ4v) is 3.41. The van der Waals surface area contributed by atoms with Crippen molar-refractivity contribution in [3.05, 3.63) is 32.7 Å². The minimum atomic E-state index is -0.0304. The first-order chi connectivity index (χ1) is 7.15. The highest BCUT2D eigenvalue weighted by atomic mass is 79.9. The van der Waals surface area contributed by atoms with Crippen molar-refractivity contribution >= 4 is 60.5 Å². The maximum Gasteiger partial charge on any atom is 0.221 e. The van der Waals surface area contributed by atoms with Crippen LogP contribution in [0.3, 0.4) is 0 Å². The summed E-state index contributed by atoms with van der Waals surface area (Å²) in [5, 5.41) is 10.7. The van der Waals surface area contributed by atoms with E-state index in [0.29, 0.717) is 10.6 Å². The molecule has 0 fully saturated rings. The second kappa shape index (κ2) is 6.59. The Morgan fingerprint density at radius 3 is 2.80 bits per heavy atom. The van der Waals surface area contributed by atoms with Gasteiger partial charge in [-0.1, -0.05) is 27.7 Å². The Balaban J connectivity index is 2.70. The van der Waals surface area contributed by atoms with Gasteiger partial charge in [0.05, 0.1) is 5.08 Å². The topological polar surface area (TPSA) is 40.9 Å². The van der Waals surface area contributed by atoms with E-state index in [1.54, 1.807) is 6.07 Å². The van der Waals surface area contributed by atoms with E-state index < -0.39 is 0 Å². The molecule has 0 amide bonds. The number of carbonyl (C=O) groups is 1. The summed E-state index contributed by atoms with van der Waals surface area (Å²) < 4.78 is 1.68. The van der Waals surface area contributed by atoms with Gasteiger partial charge in [-0.25, -0.2) is 0 Å². The van der Waals surface area contributed by atoms with E-state index in [0.717, 1.165) is 32.5 Å². The molecule has 0 aliphatic rings. The Morgan fingerprint density at radius 2 is 2.20 bits per heavy atom. The van der Waals surface area contributed by atoms with Crippen LogP contribution in [-0.4, -0.2) is 10.2 Å². The molecule has 1 rings (SSSR count). The van der Waals surface area contributed by atoms with Crippen LogP contribution in [-0.2, 0) is 0 Å². The van der Waals surface area contributed by atoms with E-state index in [4.69, 9.17) is 5.26 Å². The number of rotatable bonds is 3. The third kappa shape index (κ3) is 4.19. The Kier molecular flexibility index (Phi) is 5.75. The van der Waals surface area contributed by atoms with E-state index in [2.05, 4.69) is 31.9 Å². The number of benzene rings is 1. The molecule has 0 spiro atoms. The van der Waals surface area contributed by atoms with Gasteiger partial charge in [0.1, 0.15) is 5.40 Å². The molecule has 15 heavy (non-hydrogen) atoms. The average molecular weight is 367 g/mol. The maximum atomic E-state index is 11.6. The molecule has 0 aliphatic heterocycles. The second-order valence-electron chi connectivity index (χ2n) is 2.41. The van der Waals surface area contributed by atoms with Gasteiger partial charge in [0.2, 0.25) is 5.12 Å². The molecule has 0 N–H and O–H groups in total. The molecular formula is C9H5Br2NOS2. The minimum Gasteiger partial charge on any atom is -0.281 e. The van der Waals surface area contributed by atoms with Crippen LogP contribution in [0.5, 0.6) is 0 Å². The maximum absolute atomic E-state index is 11.6. The number of thiocyanates is 1. The number of halogens is 2. The highest BCUT2D eigenvalue weighted by Crippen LogP contribution is 2.26. The van der Waals surface area contributed by atoms with Gasteiger partial charge < -0.3 is 0 Å². The van der Waals surface area contributed by atoms with Gasteiger partial charge in [0.15, 0.2) is 0 Å². The number of nitriles is 1. The Hall–Kier alpha value is 0.0400. The van der Waals surface area contributed by atoms with E-state index in [-0.39, 0.29) is 5.12 Å². The van der Waals surface area contributed by atoms with Gasteiger partial charge in [-0.15, -0.1) is 0 Å². The summed E-state index contributed by atoms with van der Waals surface area (Å²) in [6, 6.07) is 5.39. The molecule has 0 aromatic heterocycles. The third-order valence-electron chi connectivity index (χ3n) is 1.46. The molecule has 6 heteroatoms. The van der Waals surface area contributed by atoms with Crippen LogP contribution in [0.25, 0.3) is 0 Å². The Bertz CT molecular complexity index is 417. The van der Waals surface area contributed by atoms with Crippen molar-refractivity contribution in [3.63, 3.8) is 0 Å². The van der Waals surface area contributed by atoms with Crippen molar-refractivity contribution < 1.29 is 4.79 Å². The molecular weight excluding hydrogens is 362 g/mol. The molecule has 1 aromatic carbocycles. The molecule has 0 aliphatic carbocycles. The summed E-state index contributed by atoms with van der Waals surface area (Å²) in [4.78, 5) is 11.6. The average Bonchev–Trinajstić information content (AvgIpc) is 2.17. The van der Waals surface area contributed by atoms with Crippen molar-refractivity contribution in [1.82, 2.24) is 0 Å². The minimum absolute atomic E-state index is 0.0304. The lowest BCUT2D eigenvalue weighted by molar-refractivity contribution is 0.108. The second-order valence-corrected chi connectivity index (χ2v) is 6.25. The number of hydrogen-bond acceptors (Lipinski definition) is 4. The number of hydrogen-bond donors (Lipinski definition) is 0. The van der Waals surface area contributed by atoms with Crippen LogP contribution >= 0.6 is 55.4 Å². The predicted octanol–water partition coefficient (Wildman–Crippen LogP) is 4.26. The zero-order valence-corrected chi connectivity index (χ0v) is 12.2. The fraction of sp³-hybridized carbons (Fsp3) is 0.111. The lowest BCUT2D eigenvalue weighted by Gasteiger charge is -2.02. The molecule has 78 valence electrons. The molecule has 0 atom stereocenters. The number of nitrogens with zero attached hydrogens (tertiary/aromatic N) is 1. The third-order valence-corrected chi connectivity index (χ3v) is 4.17. The summed E-state index contributed by atoms with van der Waals surface area (Å²) in [6.45, 7) is 0.